The summed E-state index contributed by atoms with van der Waals surface area (Å²) >= 11 is 0. The summed E-state index contributed by atoms with van der Waals surface area (Å²) in [6.07, 6.45) is 1.99. The van der Waals surface area contributed by atoms with Crippen molar-refractivity contribution in [3.8, 4) is 0 Å². The van der Waals surface area contributed by atoms with Gasteiger partial charge in [0.2, 0.25) is 0 Å². The fourth-order valence-electron chi connectivity index (χ4n) is 2.74. The zero-order valence-corrected chi connectivity index (χ0v) is 12.9. The molecule has 0 spiro atoms. The lowest BCUT2D eigenvalue weighted by atomic mass is 9.99. The first-order valence-corrected chi connectivity index (χ1v) is 7.52. The largest absolute Gasteiger partial charge is 0.259 e. The van der Waals surface area contributed by atoms with Gasteiger partial charge in [0.25, 0.3) is 5.70 Å². The Balaban J connectivity index is 2.03. The fourth-order valence-corrected chi connectivity index (χ4v) is 2.74. The van der Waals surface area contributed by atoms with Gasteiger partial charge in [0, 0.05) is 6.08 Å². The Bertz CT molecular complexity index is 892. The number of hydrogen-bond acceptors (Lipinski definition) is 2. The van der Waals surface area contributed by atoms with Gasteiger partial charge >= 0.3 is 0 Å². The number of nitro groups is 1. The Morgan fingerprint density at radius 3 is 2.48 bits per heavy atom. The van der Waals surface area contributed by atoms with E-state index in [2.05, 4.69) is 0 Å². The number of aryl methyl sites for hydroxylation is 1. The van der Waals surface area contributed by atoms with E-state index in [1.807, 2.05) is 73.7 Å². The van der Waals surface area contributed by atoms with E-state index in [1.54, 1.807) is 6.08 Å². The zero-order valence-electron chi connectivity index (χ0n) is 12.9. The summed E-state index contributed by atoms with van der Waals surface area (Å²) in [7, 11) is 0. The van der Waals surface area contributed by atoms with Crippen molar-refractivity contribution in [1.82, 2.24) is 0 Å². The van der Waals surface area contributed by atoms with E-state index in [0.717, 1.165) is 27.5 Å². The zero-order chi connectivity index (χ0) is 16.2. The molecule has 3 nitrogen and oxygen atoms in total. The van der Waals surface area contributed by atoms with Crippen molar-refractivity contribution in [1.29, 1.82) is 0 Å². The Morgan fingerprint density at radius 1 is 1.00 bits per heavy atom. The number of benzene rings is 3. The van der Waals surface area contributed by atoms with Crippen molar-refractivity contribution in [3.05, 3.63) is 99.2 Å². The summed E-state index contributed by atoms with van der Waals surface area (Å²) in [5.41, 5.74) is 3.10. The highest BCUT2D eigenvalue weighted by Crippen LogP contribution is 2.23. The molecule has 0 aliphatic heterocycles. The highest BCUT2D eigenvalue weighted by Gasteiger charge is 2.14. The normalized spacial score (nSPS) is 11.6. The Labute approximate surface area is 135 Å². The lowest BCUT2D eigenvalue weighted by Crippen LogP contribution is -2.03. The fraction of sp³-hybridized carbons (Fsp3) is 0.100. The maximum absolute atomic E-state index is 11.5. The van der Waals surface area contributed by atoms with E-state index in [1.165, 1.54) is 0 Å². The molecule has 0 bridgehead atoms. The quantitative estimate of drug-likeness (QED) is 0.502. The summed E-state index contributed by atoms with van der Waals surface area (Å²) in [4.78, 5) is 11.2. The van der Waals surface area contributed by atoms with Crippen LogP contribution >= 0.6 is 0 Å². The molecule has 0 aliphatic carbocycles. The molecule has 0 fully saturated rings. The molecule has 0 radical (unpaired) electrons. The number of hydrogen-bond donors (Lipinski definition) is 0. The van der Waals surface area contributed by atoms with Crippen LogP contribution in [-0.2, 0) is 6.42 Å². The summed E-state index contributed by atoms with van der Waals surface area (Å²) in [5.74, 6) is 0. The maximum atomic E-state index is 11.5. The molecule has 0 amide bonds. The minimum atomic E-state index is -0.284. The third-order valence-corrected chi connectivity index (χ3v) is 4.00. The van der Waals surface area contributed by atoms with Crippen molar-refractivity contribution >= 4 is 16.8 Å². The molecule has 0 unspecified atom stereocenters. The second-order valence-corrected chi connectivity index (χ2v) is 5.56. The molecule has 0 heterocycles. The first kappa shape index (κ1) is 15.0. The minimum Gasteiger partial charge on any atom is -0.259 e. The number of allylic oxidation sites excluding steroid dienone is 1. The maximum Gasteiger partial charge on any atom is 0.251 e. The number of fused-ring (bicyclic) bond motifs is 1. The van der Waals surface area contributed by atoms with Crippen molar-refractivity contribution in [2.45, 2.75) is 13.3 Å². The van der Waals surface area contributed by atoms with Gasteiger partial charge in [0.1, 0.15) is 0 Å². The summed E-state index contributed by atoms with van der Waals surface area (Å²) in [5, 5.41) is 13.7. The molecule has 3 aromatic rings. The van der Waals surface area contributed by atoms with Crippen LogP contribution in [0.2, 0.25) is 0 Å². The molecule has 0 atom stereocenters. The van der Waals surface area contributed by atoms with Crippen molar-refractivity contribution in [2.24, 2.45) is 0 Å². The van der Waals surface area contributed by atoms with Gasteiger partial charge in [0.05, 0.1) is 11.3 Å². The van der Waals surface area contributed by atoms with Crippen molar-refractivity contribution in [2.75, 3.05) is 0 Å². The highest BCUT2D eigenvalue weighted by molar-refractivity contribution is 5.86. The van der Waals surface area contributed by atoms with Crippen molar-refractivity contribution < 1.29 is 4.92 Å². The molecular weight excluding hydrogens is 286 g/mol. The molecular formula is C20H17NO2. The predicted octanol–water partition coefficient (Wildman–Crippen LogP) is 5.01. The second kappa shape index (κ2) is 6.44. The number of rotatable bonds is 4. The smallest absolute Gasteiger partial charge is 0.251 e. The molecule has 0 N–H and O–H groups in total. The third kappa shape index (κ3) is 3.29. The Hall–Kier alpha value is -2.94. The summed E-state index contributed by atoms with van der Waals surface area (Å²) in [6.45, 7) is 1.96. The molecule has 3 rings (SSSR count). The van der Waals surface area contributed by atoms with E-state index in [0.29, 0.717) is 6.42 Å². The van der Waals surface area contributed by atoms with Crippen LogP contribution in [0.1, 0.15) is 16.7 Å². The number of nitrogens with zero attached hydrogens (tertiary/aromatic N) is 1. The topological polar surface area (TPSA) is 43.1 Å². The van der Waals surface area contributed by atoms with E-state index in [9.17, 15) is 10.1 Å². The third-order valence-electron chi connectivity index (χ3n) is 4.00. The van der Waals surface area contributed by atoms with Gasteiger partial charge in [-0.25, -0.2) is 0 Å². The van der Waals surface area contributed by atoms with Gasteiger partial charge in [-0.2, -0.15) is 0 Å². The summed E-state index contributed by atoms with van der Waals surface area (Å²) in [6, 6.07) is 21.6. The standard InChI is InChI=1S/C20H17NO2/c1-15-7-2-3-9-17(15)13-19(21(22)23)14-18-11-6-10-16-8-4-5-12-20(16)18/h2-13H,14H2,1H3/b19-13+. The van der Waals surface area contributed by atoms with Gasteiger partial charge in [-0.05, 0) is 34.4 Å². The first-order chi connectivity index (χ1) is 11.1. The Morgan fingerprint density at radius 2 is 1.70 bits per heavy atom. The molecule has 0 saturated heterocycles. The molecule has 23 heavy (non-hydrogen) atoms. The lowest BCUT2D eigenvalue weighted by Gasteiger charge is -2.06. The van der Waals surface area contributed by atoms with E-state index < -0.39 is 0 Å². The van der Waals surface area contributed by atoms with Gasteiger partial charge in [-0.3, -0.25) is 10.1 Å². The molecule has 114 valence electrons. The summed E-state index contributed by atoms with van der Waals surface area (Å²) < 4.78 is 0. The Kier molecular flexibility index (Phi) is 4.20. The predicted molar refractivity (Wildman–Crippen MR) is 93.8 cm³/mol. The SMILES string of the molecule is Cc1ccccc1/C=C(\Cc1cccc2ccccc12)[N+](=O)[O-]. The molecule has 0 saturated carbocycles. The molecule has 3 aromatic carbocycles. The molecule has 0 aliphatic rings. The minimum absolute atomic E-state index is 0.204. The van der Waals surface area contributed by atoms with Crippen LogP contribution < -0.4 is 0 Å². The van der Waals surface area contributed by atoms with Crippen molar-refractivity contribution in [3.63, 3.8) is 0 Å². The van der Waals surface area contributed by atoms with Crippen LogP contribution in [0.15, 0.2) is 72.4 Å². The van der Waals surface area contributed by atoms with Crippen LogP contribution in [0.25, 0.3) is 16.8 Å². The molecule has 3 heteroatoms. The lowest BCUT2D eigenvalue weighted by molar-refractivity contribution is -0.425. The van der Waals surface area contributed by atoms with Gasteiger partial charge in [-0.15, -0.1) is 0 Å². The average Bonchev–Trinajstić information content (AvgIpc) is 2.56. The highest BCUT2D eigenvalue weighted by atomic mass is 16.6. The van der Waals surface area contributed by atoms with Gasteiger partial charge < -0.3 is 0 Å². The monoisotopic (exact) mass is 303 g/mol. The van der Waals surface area contributed by atoms with Crippen LogP contribution in [0.3, 0.4) is 0 Å². The van der Waals surface area contributed by atoms with E-state index in [-0.39, 0.29) is 10.6 Å². The van der Waals surface area contributed by atoms with E-state index >= 15 is 0 Å². The van der Waals surface area contributed by atoms with Crippen LogP contribution in [0, 0.1) is 17.0 Å². The second-order valence-electron chi connectivity index (χ2n) is 5.56. The van der Waals surface area contributed by atoms with Crippen LogP contribution in [0.4, 0.5) is 0 Å². The van der Waals surface area contributed by atoms with E-state index in [4.69, 9.17) is 0 Å². The van der Waals surface area contributed by atoms with Crippen LogP contribution in [0.5, 0.6) is 0 Å². The molecule has 0 aromatic heterocycles. The average molecular weight is 303 g/mol. The first-order valence-electron chi connectivity index (χ1n) is 7.52. The van der Waals surface area contributed by atoms with Crippen LogP contribution in [-0.4, -0.2) is 4.92 Å². The van der Waals surface area contributed by atoms with Gasteiger partial charge in [-0.1, -0.05) is 66.7 Å². The van der Waals surface area contributed by atoms with Gasteiger partial charge in [0.15, 0.2) is 0 Å².